The molecule has 1 heterocycles. The van der Waals surface area contributed by atoms with Crippen LogP contribution in [0.25, 0.3) is 17.0 Å². The average Bonchev–Trinajstić information content (AvgIpc) is 2.64. The Labute approximate surface area is 182 Å². The molecule has 0 fully saturated rings. The van der Waals surface area contributed by atoms with E-state index < -0.39 is 0 Å². The summed E-state index contributed by atoms with van der Waals surface area (Å²) in [7, 11) is 0. The summed E-state index contributed by atoms with van der Waals surface area (Å²) in [5.41, 5.74) is 0.943. The zero-order valence-electron chi connectivity index (χ0n) is 15.6. The molecule has 0 spiro atoms. The van der Waals surface area contributed by atoms with Gasteiger partial charge in [-0.05, 0) is 54.5 Å². The Morgan fingerprint density at radius 1 is 1.10 bits per heavy atom. The minimum absolute atomic E-state index is 0.172. The van der Waals surface area contributed by atoms with Crippen LogP contribution in [0.4, 0.5) is 0 Å². The van der Waals surface area contributed by atoms with Gasteiger partial charge in [0.05, 0.1) is 17.4 Å². The maximum absolute atomic E-state index is 12.7. The Morgan fingerprint density at radius 2 is 1.83 bits per heavy atom. The van der Waals surface area contributed by atoms with Gasteiger partial charge in [-0.1, -0.05) is 41.7 Å². The van der Waals surface area contributed by atoms with Gasteiger partial charge in [0.25, 0.3) is 5.56 Å². The predicted octanol–water partition coefficient (Wildman–Crippen LogP) is 5.34. The van der Waals surface area contributed by atoms with Crippen molar-refractivity contribution in [2.75, 3.05) is 6.54 Å². The van der Waals surface area contributed by atoms with Crippen molar-refractivity contribution in [2.24, 2.45) is 0 Å². The van der Waals surface area contributed by atoms with Gasteiger partial charge in [-0.2, -0.15) is 0 Å². The number of aromatic nitrogens is 2. The first-order chi connectivity index (χ1) is 13.9. The van der Waals surface area contributed by atoms with Crippen molar-refractivity contribution in [2.45, 2.75) is 19.9 Å². The summed E-state index contributed by atoms with van der Waals surface area (Å²) in [6.45, 7) is 2.65. The lowest BCUT2D eigenvalue weighted by Crippen LogP contribution is -2.31. The molecule has 1 aromatic heterocycles. The Kier molecular flexibility index (Phi) is 6.96. The lowest BCUT2D eigenvalue weighted by molar-refractivity contribution is -0.126. The molecule has 0 atom stereocenters. The van der Waals surface area contributed by atoms with Gasteiger partial charge < -0.3 is 9.88 Å². The highest BCUT2D eigenvalue weighted by atomic mass is 35.5. The number of amides is 1. The van der Waals surface area contributed by atoms with Crippen molar-refractivity contribution < 1.29 is 4.79 Å². The van der Waals surface area contributed by atoms with Crippen LogP contribution in [0.5, 0.6) is 0 Å². The molecule has 8 heteroatoms. The van der Waals surface area contributed by atoms with Crippen molar-refractivity contribution in [3.05, 3.63) is 79.3 Å². The fraction of sp³-hybridized carbons (Fsp3) is 0.190. The number of halogens is 3. The largest absolute Gasteiger partial charge is 0.332 e. The highest BCUT2D eigenvalue weighted by molar-refractivity contribution is 6.34. The van der Waals surface area contributed by atoms with E-state index in [0.717, 1.165) is 12.0 Å². The number of carbonyl (C=O) groups excluding carboxylic acids is 1. The molecule has 150 valence electrons. The molecule has 0 radical (unpaired) electrons. The van der Waals surface area contributed by atoms with E-state index in [1.54, 1.807) is 47.4 Å². The van der Waals surface area contributed by atoms with Crippen molar-refractivity contribution >= 4 is 57.7 Å². The zero-order valence-corrected chi connectivity index (χ0v) is 17.9. The molecule has 1 N–H and O–H groups in total. The van der Waals surface area contributed by atoms with E-state index in [1.165, 1.54) is 6.08 Å². The molecule has 3 rings (SSSR count). The Morgan fingerprint density at radius 3 is 2.52 bits per heavy atom. The van der Waals surface area contributed by atoms with Crippen LogP contribution in [-0.2, 0) is 11.3 Å². The summed E-state index contributed by atoms with van der Waals surface area (Å²) in [6.07, 6.45) is 3.86. The van der Waals surface area contributed by atoms with E-state index in [2.05, 4.69) is 9.97 Å². The number of nitrogens with zero attached hydrogens (tertiary/aromatic N) is 2. The van der Waals surface area contributed by atoms with Gasteiger partial charge in [0, 0.05) is 27.7 Å². The molecule has 0 aliphatic heterocycles. The second-order valence-electron chi connectivity index (χ2n) is 6.47. The third-order valence-electron chi connectivity index (χ3n) is 4.17. The molecule has 0 unspecified atom stereocenters. The van der Waals surface area contributed by atoms with Gasteiger partial charge >= 0.3 is 0 Å². The second-order valence-corrected chi connectivity index (χ2v) is 7.78. The lowest BCUT2D eigenvalue weighted by atomic mass is 10.2. The number of nitrogens with one attached hydrogen (secondary N) is 1. The topological polar surface area (TPSA) is 66.1 Å². The van der Waals surface area contributed by atoms with Crippen LogP contribution < -0.4 is 5.56 Å². The third kappa shape index (κ3) is 5.60. The van der Waals surface area contributed by atoms with Gasteiger partial charge in [-0.25, -0.2) is 4.98 Å². The minimum Gasteiger partial charge on any atom is -0.332 e. The highest BCUT2D eigenvalue weighted by Crippen LogP contribution is 2.20. The van der Waals surface area contributed by atoms with Gasteiger partial charge in [0.2, 0.25) is 5.91 Å². The van der Waals surface area contributed by atoms with Gasteiger partial charge in [0.1, 0.15) is 5.82 Å². The molecule has 0 bridgehead atoms. The number of hydrogen-bond donors (Lipinski definition) is 1. The van der Waals surface area contributed by atoms with Crippen LogP contribution in [-0.4, -0.2) is 27.3 Å². The minimum atomic E-state index is -0.269. The number of H-pyrrole nitrogens is 1. The number of fused-ring (bicyclic) bond motifs is 1. The van der Waals surface area contributed by atoms with Crippen LogP contribution in [0.1, 0.15) is 24.7 Å². The standard InChI is InChI=1S/C21H18Cl3N3O2/c1-2-7-27(20(28)6-3-13-8-15(23)10-16(24)9-13)12-19-25-18-11-14(22)4-5-17(18)21(29)26-19/h3-6,8-11H,2,7,12H2,1H3,(H,25,26,29)/b6-3+. The highest BCUT2D eigenvalue weighted by Gasteiger charge is 2.13. The molecule has 29 heavy (non-hydrogen) atoms. The molecular formula is C21H18Cl3N3O2. The van der Waals surface area contributed by atoms with Crippen molar-refractivity contribution in [3.63, 3.8) is 0 Å². The zero-order chi connectivity index (χ0) is 21.0. The normalized spacial score (nSPS) is 11.3. The van der Waals surface area contributed by atoms with Crippen molar-refractivity contribution in [1.82, 2.24) is 14.9 Å². The third-order valence-corrected chi connectivity index (χ3v) is 4.84. The SMILES string of the molecule is CCCN(Cc1nc2cc(Cl)ccc2c(=O)[nH]1)C(=O)/C=C/c1cc(Cl)cc(Cl)c1. The molecular weight excluding hydrogens is 433 g/mol. The molecule has 0 aliphatic rings. The van der Waals surface area contributed by atoms with E-state index >= 15 is 0 Å². The van der Waals surface area contributed by atoms with Crippen molar-refractivity contribution in [3.8, 4) is 0 Å². The quantitative estimate of drug-likeness (QED) is 0.516. The number of hydrogen-bond acceptors (Lipinski definition) is 3. The fourth-order valence-electron chi connectivity index (χ4n) is 2.90. The van der Waals surface area contributed by atoms with E-state index in [1.807, 2.05) is 6.92 Å². The molecule has 0 aliphatic carbocycles. The van der Waals surface area contributed by atoms with Crippen LogP contribution in [0.15, 0.2) is 47.3 Å². The summed E-state index contributed by atoms with van der Waals surface area (Å²) in [5.74, 6) is 0.183. The predicted molar refractivity (Wildman–Crippen MR) is 119 cm³/mol. The summed E-state index contributed by atoms with van der Waals surface area (Å²) < 4.78 is 0. The van der Waals surface area contributed by atoms with Gasteiger partial charge in [0.15, 0.2) is 0 Å². The number of benzene rings is 2. The van der Waals surface area contributed by atoms with Crippen LogP contribution in [0, 0.1) is 0 Å². The van der Waals surface area contributed by atoms with E-state index in [0.29, 0.717) is 38.3 Å². The Hall–Kier alpha value is -2.34. The fourth-order valence-corrected chi connectivity index (χ4v) is 3.61. The monoisotopic (exact) mass is 449 g/mol. The molecule has 0 saturated carbocycles. The maximum atomic E-state index is 12.7. The average molecular weight is 451 g/mol. The smallest absolute Gasteiger partial charge is 0.258 e. The summed E-state index contributed by atoms with van der Waals surface area (Å²) in [4.78, 5) is 33.8. The number of carbonyl (C=O) groups is 1. The van der Waals surface area contributed by atoms with Crippen LogP contribution in [0.3, 0.4) is 0 Å². The van der Waals surface area contributed by atoms with E-state index in [-0.39, 0.29) is 18.0 Å². The summed E-state index contributed by atoms with van der Waals surface area (Å²) in [5, 5.41) is 1.92. The molecule has 5 nitrogen and oxygen atoms in total. The first-order valence-electron chi connectivity index (χ1n) is 8.97. The Bertz CT molecular complexity index is 1120. The Balaban J connectivity index is 1.84. The van der Waals surface area contributed by atoms with Gasteiger partial charge in [-0.3, -0.25) is 9.59 Å². The van der Waals surface area contributed by atoms with E-state index in [9.17, 15) is 9.59 Å². The molecule has 1 amide bonds. The van der Waals surface area contributed by atoms with Crippen molar-refractivity contribution in [1.29, 1.82) is 0 Å². The summed E-state index contributed by atoms with van der Waals surface area (Å²) >= 11 is 18.0. The first-order valence-corrected chi connectivity index (χ1v) is 10.1. The molecule has 3 aromatic rings. The first kappa shape index (κ1) is 21.4. The van der Waals surface area contributed by atoms with Crippen LogP contribution in [0.2, 0.25) is 15.1 Å². The number of rotatable bonds is 6. The summed E-state index contributed by atoms with van der Waals surface area (Å²) in [6, 6.07) is 9.95. The second kappa shape index (κ2) is 9.44. The van der Waals surface area contributed by atoms with E-state index in [4.69, 9.17) is 34.8 Å². The van der Waals surface area contributed by atoms with Crippen LogP contribution >= 0.6 is 34.8 Å². The van der Waals surface area contributed by atoms with Gasteiger partial charge in [-0.15, -0.1) is 0 Å². The lowest BCUT2D eigenvalue weighted by Gasteiger charge is -2.20. The molecule has 0 saturated heterocycles. The molecule has 2 aromatic carbocycles. The number of aromatic amines is 1. The maximum Gasteiger partial charge on any atom is 0.258 e.